The summed E-state index contributed by atoms with van der Waals surface area (Å²) in [4.78, 5) is 2.08. The second-order valence-electron chi connectivity index (χ2n) is 6.25. The Kier molecular flexibility index (Phi) is 5.47. The highest BCUT2D eigenvalue weighted by Gasteiger charge is 2.22. The van der Waals surface area contributed by atoms with Gasteiger partial charge >= 0.3 is 0 Å². The number of halogens is 1. The van der Waals surface area contributed by atoms with Crippen LogP contribution in [0.2, 0.25) is 0 Å². The molecule has 2 aromatic rings. The summed E-state index contributed by atoms with van der Waals surface area (Å²) in [5.74, 6) is 1.01. The average molecular weight is 355 g/mol. The number of hydrogen-bond donors (Lipinski definition) is 1. The van der Waals surface area contributed by atoms with Gasteiger partial charge in [0.05, 0.1) is 19.9 Å². The van der Waals surface area contributed by atoms with E-state index < -0.39 is 5.82 Å². The van der Waals surface area contributed by atoms with Crippen molar-refractivity contribution in [2.24, 2.45) is 0 Å². The molecule has 1 heterocycles. The van der Waals surface area contributed by atoms with Crippen LogP contribution < -0.4 is 19.7 Å². The van der Waals surface area contributed by atoms with Crippen LogP contribution in [0.15, 0.2) is 36.4 Å². The standard InChI is InChI=1S/C20H22FN3O2/c1-25-16-10-15(11-17(12-16)26-2)23-14-6-8-24(9-7-14)20-5-3-4-19(21)18(20)13-22/h3-5,10-12,14,23H,6-9H2,1-2H3. The first kappa shape index (κ1) is 17.9. The predicted octanol–water partition coefficient (Wildman–Crippen LogP) is 3.80. The van der Waals surface area contributed by atoms with Crippen molar-refractivity contribution in [1.82, 2.24) is 0 Å². The van der Waals surface area contributed by atoms with Crippen LogP contribution >= 0.6 is 0 Å². The van der Waals surface area contributed by atoms with Crippen LogP contribution in [0.4, 0.5) is 15.8 Å². The molecule has 1 N–H and O–H groups in total. The average Bonchev–Trinajstić information content (AvgIpc) is 2.68. The summed E-state index contributed by atoms with van der Waals surface area (Å²) in [6, 6.07) is 12.8. The lowest BCUT2D eigenvalue weighted by Crippen LogP contribution is -2.39. The van der Waals surface area contributed by atoms with E-state index in [1.165, 1.54) is 6.07 Å². The fraction of sp³-hybridized carbons (Fsp3) is 0.350. The van der Waals surface area contributed by atoms with Gasteiger partial charge in [-0.1, -0.05) is 6.07 Å². The Balaban J connectivity index is 1.66. The molecule has 1 fully saturated rings. The minimum Gasteiger partial charge on any atom is -0.497 e. The lowest BCUT2D eigenvalue weighted by Gasteiger charge is -2.35. The number of methoxy groups -OCH3 is 2. The van der Waals surface area contributed by atoms with Gasteiger partial charge in [0.2, 0.25) is 0 Å². The summed E-state index contributed by atoms with van der Waals surface area (Å²) in [5.41, 5.74) is 1.74. The zero-order valence-electron chi connectivity index (χ0n) is 15.0. The van der Waals surface area contributed by atoms with Crippen LogP contribution in [-0.2, 0) is 0 Å². The molecule has 1 aliphatic rings. The van der Waals surface area contributed by atoms with Crippen LogP contribution in [-0.4, -0.2) is 33.4 Å². The second-order valence-corrected chi connectivity index (χ2v) is 6.25. The topological polar surface area (TPSA) is 57.5 Å². The van der Waals surface area contributed by atoms with Crippen molar-refractivity contribution >= 4 is 11.4 Å². The summed E-state index contributed by atoms with van der Waals surface area (Å²) in [6.07, 6.45) is 1.78. The van der Waals surface area contributed by atoms with Gasteiger partial charge in [-0.3, -0.25) is 0 Å². The fourth-order valence-corrected chi connectivity index (χ4v) is 3.28. The zero-order chi connectivity index (χ0) is 18.5. The number of anilines is 2. The molecule has 0 radical (unpaired) electrons. The summed E-state index contributed by atoms with van der Waals surface area (Å²) < 4.78 is 24.4. The lowest BCUT2D eigenvalue weighted by molar-refractivity contribution is 0.394. The first-order chi connectivity index (χ1) is 12.6. The van der Waals surface area contributed by atoms with Crippen LogP contribution in [0.25, 0.3) is 0 Å². The number of rotatable bonds is 5. The van der Waals surface area contributed by atoms with E-state index in [2.05, 4.69) is 10.2 Å². The molecule has 6 heteroatoms. The third-order valence-electron chi connectivity index (χ3n) is 4.66. The number of nitrogens with zero attached hydrogens (tertiary/aromatic N) is 2. The third-order valence-corrected chi connectivity index (χ3v) is 4.66. The number of piperidine rings is 1. The number of benzene rings is 2. The third kappa shape index (κ3) is 3.83. The monoisotopic (exact) mass is 355 g/mol. The van der Waals surface area contributed by atoms with E-state index in [4.69, 9.17) is 9.47 Å². The summed E-state index contributed by atoms with van der Waals surface area (Å²) in [7, 11) is 3.26. The Morgan fingerprint density at radius 3 is 2.35 bits per heavy atom. The molecule has 0 aromatic heterocycles. The van der Waals surface area contributed by atoms with Gasteiger partial charge in [-0.15, -0.1) is 0 Å². The Morgan fingerprint density at radius 1 is 1.12 bits per heavy atom. The maximum Gasteiger partial charge on any atom is 0.143 e. The molecule has 3 rings (SSSR count). The van der Waals surface area contributed by atoms with E-state index in [0.29, 0.717) is 11.7 Å². The van der Waals surface area contributed by atoms with E-state index in [0.717, 1.165) is 43.1 Å². The van der Waals surface area contributed by atoms with E-state index in [1.54, 1.807) is 20.3 Å². The van der Waals surface area contributed by atoms with Gasteiger partial charge in [-0.25, -0.2) is 4.39 Å². The van der Waals surface area contributed by atoms with Crippen molar-refractivity contribution in [3.05, 3.63) is 47.8 Å². The molecule has 0 bridgehead atoms. The molecular formula is C20H22FN3O2. The fourth-order valence-electron chi connectivity index (χ4n) is 3.28. The van der Waals surface area contributed by atoms with Gasteiger partial charge in [0.1, 0.15) is 28.9 Å². The Labute approximate surface area is 152 Å². The Hall–Kier alpha value is -2.94. The lowest BCUT2D eigenvalue weighted by atomic mass is 10.0. The first-order valence-corrected chi connectivity index (χ1v) is 8.57. The van der Waals surface area contributed by atoms with Crippen LogP contribution in [0.1, 0.15) is 18.4 Å². The highest BCUT2D eigenvalue weighted by Crippen LogP contribution is 2.29. The van der Waals surface area contributed by atoms with Gasteiger partial charge in [-0.05, 0) is 25.0 Å². The molecule has 0 unspecified atom stereocenters. The highest BCUT2D eigenvalue weighted by molar-refractivity contribution is 5.60. The quantitative estimate of drug-likeness (QED) is 0.884. The van der Waals surface area contributed by atoms with Gasteiger partial charge < -0.3 is 19.7 Å². The maximum atomic E-state index is 13.8. The van der Waals surface area contributed by atoms with Gasteiger partial charge in [0.15, 0.2) is 0 Å². The van der Waals surface area contributed by atoms with Crippen LogP contribution in [0, 0.1) is 17.1 Å². The summed E-state index contributed by atoms with van der Waals surface area (Å²) in [5, 5.41) is 12.7. The molecule has 0 atom stereocenters. The van der Waals surface area contributed by atoms with Crippen molar-refractivity contribution in [3.63, 3.8) is 0 Å². The minimum absolute atomic E-state index is 0.122. The summed E-state index contributed by atoms with van der Waals surface area (Å²) in [6.45, 7) is 1.52. The minimum atomic E-state index is -0.464. The molecule has 1 saturated heterocycles. The maximum absolute atomic E-state index is 13.8. The summed E-state index contributed by atoms with van der Waals surface area (Å²) >= 11 is 0. The number of nitriles is 1. The molecule has 0 spiro atoms. The van der Waals surface area contributed by atoms with Crippen LogP contribution in [0.5, 0.6) is 11.5 Å². The van der Waals surface area contributed by atoms with Crippen LogP contribution in [0.3, 0.4) is 0 Å². The SMILES string of the molecule is COc1cc(NC2CCN(c3cccc(F)c3C#N)CC2)cc(OC)c1. The van der Waals surface area contributed by atoms with E-state index in [-0.39, 0.29) is 5.56 Å². The van der Waals surface area contributed by atoms with Gasteiger partial charge in [-0.2, -0.15) is 5.26 Å². The molecular weight excluding hydrogens is 333 g/mol. The Morgan fingerprint density at radius 2 is 1.77 bits per heavy atom. The molecule has 2 aromatic carbocycles. The number of hydrogen-bond acceptors (Lipinski definition) is 5. The molecule has 0 saturated carbocycles. The zero-order valence-corrected chi connectivity index (χ0v) is 15.0. The van der Waals surface area contributed by atoms with Crippen molar-refractivity contribution < 1.29 is 13.9 Å². The van der Waals surface area contributed by atoms with Gasteiger partial charge in [0.25, 0.3) is 0 Å². The molecule has 5 nitrogen and oxygen atoms in total. The Bertz CT molecular complexity index is 789. The molecule has 0 amide bonds. The predicted molar refractivity (Wildman–Crippen MR) is 99.5 cm³/mol. The van der Waals surface area contributed by atoms with E-state index in [9.17, 15) is 9.65 Å². The first-order valence-electron chi connectivity index (χ1n) is 8.57. The van der Waals surface area contributed by atoms with E-state index >= 15 is 0 Å². The second kappa shape index (κ2) is 7.96. The van der Waals surface area contributed by atoms with Crippen molar-refractivity contribution in [3.8, 4) is 17.6 Å². The van der Waals surface area contributed by atoms with Gasteiger partial charge in [0, 0.05) is 43.0 Å². The normalized spacial score (nSPS) is 14.6. The smallest absolute Gasteiger partial charge is 0.143 e. The molecule has 136 valence electrons. The molecule has 1 aliphatic heterocycles. The van der Waals surface area contributed by atoms with E-state index in [1.807, 2.05) is 30.3 Å². The van der Waals surface area contributed by atoms with Crippen molar-refractivity contribution in [2.45, 2.75) is 18.9 Å². The number of ether oxygens (including phenoxy) is 2. The van der Waals surface area contributed by atoms with Crippen molar-refractivity contribution in [1.29, 1.82) is 5.26 Å². The largest absolute Gasteiger partial charge is 0.497 e. The molecule has 0 aliphatic carbocycles. The highest BCUT2D eigenvalue weighted by atomic mass is 19.1. The number of nitrogens with one attached hydrogen (secondary N) is 1. The van der Waals surface area contributed by atoms with Crippen molar-refractivity contribution in [2.75, 3.05) is 37.5 Å². The molecule has 26 heavy (non-hydrogen) atoms.